The van der Waals surface area contributed by atoms with Gasteiger partial charge in [-0.05, 0) is 24.5 Å². The number of nitro benzene ring substituents is 1. The van der Waals surface area contributed by atoms with Crippen LogP contribution in [-0.4, -0.2) is 45.0 Å². The molecule has 9 heteroatoms. The van der Waals surface area contributed by atoms with Gasteiger partial charge in [-0.2, -0.15) is 5.01 Å². The number of rotatable bonds is 6. The maximum atomic E-state index is 13.4. The lowest BCUT2D eigenvalue weighted by molar-refractivity contribution is -0.384. The van der Waals surface area contributed by atoms with Crippen molar-refractivity contribution in [2.24, 2.45) is 17.8 Å². The molecule has 2 aliphatic rings. The third kappa shape index (κ3) is 4.05. The highest BCUT2D eigenvalue weighted by molar-refractivity contribution is 6.09. The van der Waals surface area contributed by atoms with Gasteiger partial charge in [0.05, 0.1) is 16.8 Å². The number of hydrogen-bond acceptors (Lipinski definition) is 6. The fourth-order valence-electron chi connectivity index (χ4n) is 4.33. The number of nitrogens with zero attached hydrogens (tertiary/aromatic N) is 3. The van der Waals surface area contributed by atoms with Crippen LogP contribution in [-0.2, 0) is 9.59 Å². The van der Waals surface area contributed by atoms with Crippen LogP contribution < -0.4 is 0 Å². The molecular weight excluding hydrogens is 426 g/mol. The summed E-state index contributed by atoms with van der Waals surface area (Å²) in [5.41, 5.74) is 0.131. The average Bonchev–Trinajstić information content (AvgIpc) is 3.08. The molecule has 3 atom stereocenters. The first-order valence-electron chi connectivity index (χ1n) is 10.5. The Morgan fingerprint density at radius 3 is 2.30 bits per heavy atom. The van der Waals surface area contributed by atoms with Crippen LogP contribution in [0.3, 0.4) is 0 Å². The minimum atomic E-state index is -0.768. The van der Waals surface area contributed by atoms with Crippen LogP contribution in [0.5, 0.6) is 0 Å². The van der Waals surface area contributed by atoms with Crippen LogP contribution in [0, 0.1) is 27.9 Å². The average molecular weight is 447 g/mol. The SMILES string of the molecule is C[C@@H]1C=CC[C@H]2C(=O)N(N(CC(=O)c3ccccc3)C(=O)c3ccc([N+](=O)[O-])cc3)C(=O)[C@H]12. The molecule has 2 aromatic rings. The zero-order chi connectivity index (χ0) is 23.7. The van der Waals surface area contributed by atoms with E-state index in [1.807, 2.05) is 19.1 Å². The normalized spacial score (nSPS) is 21.6. The van der Waals surface area contributed by atoms with Crippen LogP contribution in [0.25, 0.3) is 0 Å². The Kier molecular flexibility index (Phi) is 5.87. The number of allylic oxidation sites excluding steroid dienone is 2. The third-order valence-corrected chi connectivity index (χ3v) is 6.04. The van der Waals surface area contributed by atoms with Crippen LogP contribution in [0.1, 0.15) is 34.1 Å². The zero-order valence-electron chi connectivity index (χ0n) is 17.8. The molecule has 33 heavy (non-hydrogen) atoms. The van der Waals surface area contributed by atoms with E-state index in [2.05, 4.69) is 0 Å². The Morgan fingerprint density at radius 1 is 1.03 bits per heavy atom. The Bertz CT molecular complexity index is 1160. The molecule has 1 saturated heterocycles. The van der Waals surface area contributed by atoms with E-state index in [1.165, 1.54) is 12.1 Å². The smallest absolute Gasteiger partial charge is 0.273 e. The van der Waals surface area contributed by atoms with E-state index in [1.54, 1.807) is 30.3 Å². The second kappa shape index (κ2) is 8.78. The molecule has 0 unspecified atom stereocenters. The molecule has 1 fully saturated rings. The lowest BCUT2D eigenvalue weighted by Crippen LogP contribution is -2.52. The van der Waals surface area contributed by atoms with Gasteiger partial charge < -0.3 is 0 Å². The van der Waals surface area contributed by atoms with E-state index in [9.17, 15) is 29.3 Å². The van der Waals surface area contributed by atoms with Crippen molar-refractivity contribution in [3.8, 4) is 0 Å². The van der Waals surface area contributed by atoms with Gasteiger partial charge in [0.15, 0.2) is 5.78 Å². The fourth-order valence-corrected chi connectivity index (χ4v) is 4.33. The Labute approximate surface area is 189 Å². The summed E-state index contributed by atoms with van der Waals surface area (Å²) in [7, 11) is 0. The number of carbonyl (C=O) groups is 4. The first-order chi connectivity index (χ1) is 15.8. The molecule has 0 spiro atoms. The van der Waals surface area contributed by atoms with Crippen molar-refractivity contribution in [3.05, 3.63) is 88.0 Å². The van der Waals surface area contributed by atoms with Gasteiger partial charge in [-0.1, -0.05) is 49.4 Å². The predicted octanol–water partition coefficient (Wildman–Crippen LogP) is 3.03. The van der Waals surface area contributed by atoms with Gasteiger partial charge in [0.2, 0.25) is 0 Å². The third-order valence-electron chi connectivity index (χ3n) is 6.04. The molecule has 0 radical (unpaired) electrons. The van der Waals surface area contributed by atoms with Gasteiger partial charge in [0.1, 0.15) is 6.54 Å². The molecule has 9 nitrogen and oxygen atoms in total. The number of Topliss-reactive ketones (excluding diaryl/α,β-unsaturated/α-hetero) is 1. The number of amides is 3. The van der Waals surface area contributed by atoms with Crippen molar-refractivity contribution in [2.45, 2.75) is 13.3 Å². The zero-order valence-corrected chi connectivity index (χ0v) is 17.8. The van der Waals surface area contributed by atoms with E-state index in [-0.39, 0.29) is 17.2 Å². The number of imide groups is 1. The summed E-state index contributed by atoms with van der Waals surface area (Å²) < 4.78 is 0. The number of benzene rings is 2. The summed E-state index contributed by atoms with van der Waals surface area (Å²) >= 11 is 0. The molecule has 0 aromatic heterocycles. The van der Waals surface area contributed by atoms with E-state index in [0.29, 0.717) is 12.0 Å². The quantitative estimate of drug-likeness (QED) is 0.221. The Balaban J connectivity index is 1.70. The van der Waals surface area contributed by atoms with Gasteiger partial charge >= 0.3 is 0 Å². The molecule has 168 valence electrons. The first-order valence-corrected chi connectivity index (χ1v) is 10.5. The Hall–Kier alpha value is -4.14. The van der Waals surface area contributed by atoms with Crippen molar-refractivity contribution < 1.29 is 24.1 Å². The highest BCUT2D eigenvalue weighted by atomic mass is 16.6. The molecule has 0 saturated carbocycles. The molecule has 1 heterocycles. The number of nitro groups is 1. The highest BCUT2D eigenvalue weighted by Gasteiger charge is 2.53. The topological polar surface area (TPSA) is 118 Å². The largest absolute Gasteiger partial charge is 0.292 e. The van der Waals surface area contributed by atoms with Crippen LogP contribution in [0.4, 0.5) is 5.69 Å². The minimum absolute atomic E-state index is 0.0168. The van der Waals surface area contributed by atoms with Gasteiger partial charge in [-0.15, -0.1) is 0 Å². The number of fused-ring (bicyclic) bond motifs is 1. The summed E-state index contributed by atoms with van der Waals surface area (Å²) in [6.07, 6.45) is 4.09. The summed E-state index contributed by atoms with van der Waals surface area (Å²) in [6.45, 7) is 1.30. The summed E-state index contributed by atoms with van der Waals surface area (Å²) in [5.74, 6) is -3.68. The predicted molar refractivity (Wildman–Crippen MR) is 117 cm³/mol. The number of hydrazine groups is 1. The standard InChI is InChI=1S/C24H21N3O6/c1-15-6-5-9-19-21(15)24(31)26(23(19)30)25(14-20(28)16-7-3-2-4-8-16)22(29)17-10-12-18(13-11-17)27(32)33/h2-8,10-13,15,19,21H,9,14H2,1H3/t15-,19-,21-/m1/s1. The van der Waals surface area contributed by atoms with Crippen molar-refractivity contribution in [3.63, 3.8) is 0 Å². The first kappa shape index (κ1) is 22.1. The lowest BCUT2D eigenvalue weighted by Gasteiger charge is -2.30. The molecule has 3 amide bonds. The van der Waals surface area contributed by atoms with Crippen molar-refractivity contribution in [1.82, 2.24) is 10.0 Å². The van der Waals surface area contributed by atoms with Gasteiger partial charge in [0, 0.05) is 23.3 Å². The summed E-state index contributed by atoms with van der Waals surface area (Å²) in [5, 5.41) is 12.6. The van der Waals surface area contributed by atoms with Crippen LogP contribution >= 0.6 is 0 Å². The summed E-state index contributed by atoms with van der Waals surface area (Å²) in [4.78, 5) is 63.2. The summed E-state index contributed by atoms with van der Waals surface area (Å²) in [6, 6.07) is 13.0. The molecule has 4 rings (SSSR count). The van der Waals surface area contributed by atoms with E-state index < -0.39 is 46.8 Å². The maximum Gasteiger partial charge on any atom is 0.273 e. The highest BCUT2D eigenvalue weighted by Crippen LogP contribution is 2.39. The monoisotopic (exact) mass is 447 g/mol. The Morgan fingerprint density at radius 2 is 1.70 bits per heavy atom. The van der Waals surface area contributed by atoms with E-state index in [0.717, 1.165) is 22.2 Å². The molecule has 0 bridgehead atoms. The second-order valence-corrected chi connectivity index (χ2v) is 8.10. The van der Waals surface area contributed by atoms with E-state index >= 15 is 0 Å². The van der Waals surface area contributed by atoms with Gasteiger partial charge in [-0.25, -0.2) is 5.01 Å². The maximum absolute atomic E-state index is 13.4. The second-order valence-electron chi connectivity index (χ2n) is 8.10. The van der Waals surface area contributed by atoms with Crippen LogP contribution in [0.15, 0.2) is 66.7 Å². The number of non-ortho nitro benzene ring substituents is 1. The molecule has 2 aromatic carbocycles. The van der Waals surface area contributed by atoms with Crippen molar-refractivity contribution >= 4 is 29.2 Å². The van der Waals surface area contributed by atoms with Crippen molar-refractivity contribution in [2.75, 3.05) is 6.54 Å². The molecule has 1 aliphatic carbocycles. The lowest BCUT2D eigenvalue weighted by atomic mass is 9.78. The minimum Gasteiger partial charge on any atom is -0.292 e. The fraction of sp³-hybridized carbons (Fsp3) is 0.250. The van der Waals surface area contributed by atoms with Gasteiger partial charge in [0.25, 0.3) is 23.4 Å². The molecular formula is C24H21N3O6. The molecule has 1 aliphatic heterocycles. The number of hydrogen-bond donors (Lipinski definition) is 0. The van der Waals surface area contributed by atoms with Crippen LogP contribution in [0.2, 0.25) is 0 Å². The van der Waals surface area contributed by atoms with Crippen molar-refractivity contribution in [1.29, 1.82) is 0 Å². The van der Waals surface area contributed by atoms with Gasteiger partial charge in [-0.3, -0.25) is 29.3 Å². The molecule has 0 N–H and O–H groups in total. The number of ketones is 1. The number of carbonyl (C=O) groups excluding carboxylic acids is 4. The van der Waals surface area contributed by atoms with E-state index in [4.69, 9.17) is 0 Å².